The van der Waals surface area contributed by atoms with Gasteiger partial charge in [0.1, 0.15) is 5.82 Å². The van der Waals surface area contributed by atoms with E-state index in [0.717, 1.165) is 37.7 Å². The van der Waals surface area contributed by atoms with Gasteiger partial charge in [0, 0.05) is 18.8 Å². The van der Waals surface area contributed by atoms with Crippen LogP contribution in [-0.4, -0.2) is 61.9 Å². The number of carbonyl (C=O) groups is 1. The number of likely N-dealkylation sites (tertiary alicyclic amines) is 2. The molecule has 1 aromatic carbocycles. The predicted molar refractivity (Wildman–Crippen MR) is 125 cm³/mol. The van der Waals surface area contributed by atoms with Crippen molar-refractivity contribution in [1.29, 1.82) is 0 Å². The second kappa shape index (κ2) is 10.3. The lowest BCUT2D eigenvalue weighted by molar-refractivity contribution is -0.132. The van der Waals surface area contributed by atoms with Crippen LogP contribution in [0.2, 0.25) is 0 Å². The van der Waals surface area contributed by atoms with Crippen LogP contribution in [0.4, 0.5) is 4.39 Å². The van der Waals surface area contributed by atoms with E-state index >= 15 is 0 Å². The van der Waals surface area contributed by atoms with Crippen molar-refractivity contribution in [1.82, 2.24) is 24.6 Å². The summed E-state index contributed by atoms with van der Waals surface area (Å²) in [6.07, 6.45) is 4.84. The fraction of sp³-hybridized carbons (Fsp3) is 0.625. The SMILES string of the molecule is C[C@@H]1C[C@H](C)CN(C(=O)[C@H](C)Sc2nnc(CN3CCCCC3)n2-c2ccc(F)cc2)C1. The zero-order chi connectivity index (χ0) is 22.7. The molecule has 174 valence electrons. The van der Waals surface area contributed by atoms with Crippen molar-refractivity contribution < 1.29 is 9.18 Å². The van der Waals surface area contributed by atoms with Crippen molar-refractivity contribution in [2.24, 2.45) is 11.8 Å². The molecule has 0 bridgehead atoms. The summed E-state index contributed by atoms with van der Waals surface area (Å²) in [5, 5.41) is 9.37. The zero-order valence-electron chi connectivity index (χ0n) is 19.3. The number of thioether (sulfide) groups is 1. The minimum absolute atomic E-state index is 0.152. The number of piperidine rings is 2. The van der Waals surface area contributed by atoms with Crippen LogP contribution in [0.5, 0.6) is 0 Å². The highest BCUT2D eigenvalue weighted by Gasteiger charge is 2.30. The highest BCUT2D eigenvalue weighted by molar-refractivity contribution is 8.00. The van der Waals surface area contributed by atoms with Gasteiger partial charge in [0.2, 0.25) is 5.91 Å². The minimum atomic E-state index is -0.273. The van der Waals surface area contributed by atoms with Crippen LogP contribution < -0.4 is 0 Å². The lowest BCUT2D eigenvalue weighted by atomic mass is 9.92. The first kappa shape index (κ1) is 23.2. The molecule has 3 atom stereocenters. The van der Waals surface area contributed by atoms with E-state index < -0.39 is 0 Å². The number of amides is 1. The molecular weight excluding hydrogens is 425 g/mol. The van der Waals surface area contributed by atoms with Crippen molar-refractivity contribution in [3.63, 3.8) is 0 Å². The van der Waals surface area contributed by atoms with Crippen LogP contribution in [0.1, 0.15) is 52.3 Å². The van der Waals surface area contributed by atoms with Crippen molar-refractivity contribution >= 4 is 17.7 Å². The van der Waals surface area contributed by atoms with Crippen molar-refractivity contribution in [2.75, 3.05) is 26.2 Å². The van der Waals surface area contributed by atoms with Gasteiger partial charge in [-0.15, -0.1) is 10.2 Å². The molecule has 2 aromatic rings. The molecule has 1 amide bonds. The molecule has 32 heavy (non-hydrogen) atoms. The Morgan fingerprint density at radius 3 is 2.41 bits per heavy atom. The molecule has 0 spiro atoms. The highest BCUT2D eigenvalue weighted by Crippen LogP contribution is 2.29. The second-order valence-electron chi connectivity index (χ2n) is 9.50. The normalized spacial score (nSPS) is 23.3. The molecule has 6 nitrogen and oxygen atoms in total. The molecule has 0 aliphatic carbocycles. The molecule has 8 heteroatoms. The average Bonchev–Trinajstić information content (AvgIpc) is 3.15. The number of benzene rings is 1. The molecule has 0 saturated carbocycles. The number of carbonyl (C=O) groups excluding carboxylic acids is 1. The summed E-state index contributed by atoms with van der Waals surface area (Å²) in [4.78, 5) is 17.6. The van der Waals surface area contributed by atoms with Crippen molar-refractivity contribution in [3.8, 4) is 5.69 Å². The van der Waals surface area contributed by atoms with Crippen LogP contribution in [0.15, 0.2) is 29.4 Å². The Morgan fingerprint density at radius 1 is 1.09 bits per heavy atom. The lowest BCUT2D eigenvalue weighted by Gasteiger charge is -2.36. The number of hydrogen-bond donors (Lipinski definition) is 0. The maximum Gasteiger partial charge on any atom is 0.235 e. The summed E-state index contributed by atoms with van der Waals surface area (Å²) in [5.41, 5.74) is 0.825. The van der Waals surface area contributed by atoms with Gasteiger partial charge in [-0.1, -0.05) is 32.0 Å². The van der Waals surface area contributed by atoms with E-state index in [0.29, 0.717) is 23.5 Å². The Hall–Kier alpha value is -1.93. The maximum atomic E-state index is 13.6. The predicted octanol–water partition coefficient (Wildman–Crippen LogP) is 4.38. The van der Waals surface area contributed by atoms with Gasteiger partial charge in [0.15, 0.2) is 11.0 Å². The summed E-state index contributed by atoms with van der Waals surface area (Å²) in [6.45, 7) is 10.8. The monoisotopic (exact) mass is 459 g/mol. The van der Waals surface area contributed by atoms with Crippen LogP contribution in [0.3, 0.4) is 0 Å². The van der Waals surface area contributed by atoms with E-state index in [-0.39, 0.29) is 17.0 Å². The summed E-state index contributed by atoms with van der Waals surface area (Å²) < 4.78 is 15.6. The largest absolute Gasteiger partial charge is 0.341 e. The topological polar surface area (TPSA) is 54.3 Å². The number of aromatic nitrogens is 3. The van der Waals surface area contributed by atoms with Gasteiger partial charge in [-0.25, -0.2) is 4.39 Å². The maximum absolute atomic E-state index is 13.6. The van der Waals surface area contributed by atoms with E-state index in [9.17, 15) is 9.18 Å². The Bertz CT molecular complexity index is 902. The fourth-order valence-electron chi connectivity index (χ4n) is 4.95. The molecule has 2 fully saturated rings. The lowest BCUT2D eigenvalue weighted by Crippen LogP contribution is -2.45. The van der Waals surface area contributed by atoms with E-state index in [4.69, 9.17) is 0 Å². The van der Waals surface area contributed by atoms with Crippen LogP contribution in [-0.2, 0) is 11.3 Å². The van der Waals surface area contributed by atoms with Gasteiger partial charge in [0.25, 0.3) is 0 Å². The number of nitrogens with zero attached hydrogens (tertiary/aromatic N) is 5. The Morgan fingerprint density at radius 2 is 1.75 bits per heavy atom. The van der Waals surface area contributed by atoms with Crippen LogP contribution in [0, 0.1) is 17.7 Å². The molecule has 3 heterocycles. The Kier molecular flexibility index (Phi) is 7.51. The van der Waals surface area contributed by atoms with Gasteiger partial charge in [-0.3, -0.25) is 14.3 Å². The van der Waals surface area contributed by atoms with E-state index in [2.05, 4.69) is 28.9 Å². The molecule has 2 saturated heterocycles. The zero-order valence-corrected chi connectivity index (χ0v) is 20.2. The molecule has 0 N–H and O–H groups in total. The van der Waals surface area contributed by atoms with Crippen molar-refractivity contribution in [2.45, 2.75) is 63.4 Å². The van der Waals surface area contributed by atoms with Crippen molar-refractivity contribution in [3.05, 3.63) is 35.9 Å². The van der Waals surface area contributed by atoms with Gasteiger partial charge >= 0.3 is 0 Å². The first-order valence-electron chi connectivity index (χ1n) is 11.8. The van der Waals surface area contributed by atoms with Gasteiger partial charge in [-0.05, 0) is 75.4 Å². The van der Waals surface area contributed by atoms with Gasteiger partial charge in [0.05, 0.1) is 11.8 Å². The average molecular weight is 460 g/mol. The van der Waals surface area contributed by atoms with Gasteiger partial charge in [-0.2, -0.15) is 0 Å². The molecule has 0 radical (unpaired) electrons. The third-order valence-electron chi connectivity index (χ3n) is 6.41. The molecule has 2 aliphatic rings. The number of rotatable bonds is 6. The van der Waals surface area contributed by atoms with Crippen LogP contribution in [0.25, 0.3) is 5.69 Å². The summed E-state index contributed by atoms with van der Waals surface area (Å²) in [7, 11) is 0. The van der Waals surface area contributed by atoms with E-state index in [1.165, 1.54) is 49.6 Å². The first-order valence-corrected chi connectivity index (χ1v) is 12.7. The standard InChI is InChI=1S/C24H34FN5OS/c1-17-13-18(2)15-29(14-17)23(31)19(3)32-24-27-26-22(16-28-11-5-4-6-12-28)30(24)21-9-7-20(25)8-10-21/h7-10,17-19H,4-6,11-16H2,1-3H3/t17-,18+,19-/m0/s1. The second-order valence-corrected chi connectivity index (χ2v) is 10.8. The Labute approximate surface area is 194 Å². The first-order chi connectivity index (χ1) is 15.4. The third kappa shape index (κ3) is 5.52. The van der Waals surface area contributed by atoms with E-state index in [1.54, 1.807) is 12.1 Å². The number of halogens is 1. The highest BCUT2D eigenvalue weighted by atomic mass is 32.2. The van der Waals surface area contributed by atoms with Gasteiger partial charge < -0.3 is 4.90 Å². The summed E-state index contributed by atoms with van der Waals surface area (Å²) in [5.74, 6) is 1.77. The molecule has 0 unspecified atom stereocenters. The third-order valence-corrected chi connectivity index (χ3v) is 7.44. The molecule has 4 rings (SSSR count). The Balaban J connectivity index is 1.55. The summed E-state index contributed by atoms with van der Waals surface area (Å²) in [6, 6.07) is 6.42. The summed E-state index contributed by atoms with van der Waals surface area (Å²) >= 11 is 1.44. The fourth-order valence-corrected chi connectivity index (χ4v) is 5.92. The number of hydrogen-bond acceptors (Lipinski definition) is 5. The molecule has 1 aromatic heterocycles. The quantitative estimate of drug-likeness (QED) is 0.600. The molecule has 2 aliphatic heterocycles. The smallest absolute Gasteiger partial charge is 0.235 e. The van der Waals surface area contributed by atoms with E-state index in [1.807, 2.05) is 16.4 Å². The van der Waals surface area contributed by atoms with Crippen LogP contribution >= 0.6 is 11.8 Å². The molecular formula is C24H34FN5OS. The minimum Gasteiger partial charge on any atom is -0.341 e.